The molecule has 0 radical (unpaired) electrons. The Labute approximate surface area is 175 Å². The predicted octanol–water partition coefficient (Wildman–Crippen LogP) is 3.78. The predicted molar refractivity (Wildman–Crippen MR) is 115 cm³/mol. The molecular formula is C21H23ClN4OS. The summed E-state index contributed by atoms with van der Waals surface area (Å²) in [6.07, 6.45) is 6.17. The molecule has 1 amide bonds. The van der Waals surface area contributed by atoms with Crippen LogP contribution in [-0.2, 0) is 11.2 Å². The lowest BCUT2D eigenvalue weighted by Gasteiger charge is -2.14. The Morgan fingerprint density at radius 3 is 2.82 bits per heavy atom. The highest BCUT2D eigenvalue weighted by Crippen LogP contribution is 2.26. The highest BCUT2D eigenvalue weighted by atomic mass is 35.5. The van der Waals surface area contributed by atoms with E-state index in [9.17, 15) is 4.79 Å². The Morgan fingerprint density at radius 2 is 2.04 bits per heavy atom. The molecule has 1 aliphatic heterocycles. The van der Waals surface area contributed by atoms with Crippen molar-refractivity contribution in [1.82, 2.24) is 20.6 Å². The van der Waals surface area contributed by atoms with Gasteiger partial charge in [0.25, 0.3) is 0 Å². The van der Waals surface area contributed by atoms with E-state index in [4.69, 9.17) is 0 Å². The number of benzene rings is 1. The summed E-state index contributed by atoms with van der Waals surface area (Å²) < 4.78 is 0. The zero-order chi connectivity index (χ0) is 18.5. The Hall–Kier alpha value is -2.28. The minimum Gasteiger partial charge on any atom is -0.354 e. The molecule has 0 spiro atoms. The number of carbonyl (C=O) groups excluding carboxylic acids is 1. The number of nitrogens with one attached hydrogen (secondary N) is 2. The normalized spacial score (nSPS) is 18.4. The third-order valence-corrected chi connectivity index (χ3v) is 5.75. The summed E-state index contributed by atoms with van der Waals surface area (Å²) in [5.74, 6) is 0.0798. The quantitative estimate of drug-likeness (QED) is 0.644. The molecule has 0 saturated carbocycles. The van der Waals surface area contributed by atoms with E-state index >= 15 is 0 Å². The van der Waals surface area contributed by atoms with Crippen molar-refractivity contribution in [3.05, 3.63) is 71.5 Å². The summed E-state index contributed by atoms with van der Waals surface area (Å²) in [5, 5.41) is 9.51. The summed E-state index contributed by atoms with van der Waals surface area (Å²) in [6, 6.07) is 14.4. The van der Waals surface area contributed by atoms with E-state index < -0.39 is 0 Å². The molecule has 146 valence electrons. The van der Waals surface area contributed by atoms with Crippen LogP contribution < -0.4 is 10.6 Å². The molecule has 4 rings (SSSR count). The highest BCUT2D eigenvalue weighted by molar-refractivity contribution is 7.13. The second-order valence-corrected chi connectivity index (χ2v) is 7.54. The van der Waals surface area contributed by atoms with Gasteiger partial charge in [0.1, 0.15) is 5.01 Å². The van der Waals surface area contributed by atoms with Gasteiger partial charge in [0, 0.05) is 42.3 Å². The summed E-state index contributed by atoms with van der Waals surface area (Å²) in [6.45, 7) is 0.600. The lowest BCUT2D eigenvalue weighted by Crippen LogP contribution is -2.41. The molecule has 0 aliphatic carbocycles. The van der Waals surface area contributed by atoms with E-state index in [1.54, 1.807) is 17.5 Å². The molecule has 2 aromatic heterocycles. The van der Waals surface area contributed by atoms with Crippen LogP contribution in [0.1, 0.15) is 30.1 Å². The van der Waals surface area contributed by atoms with Crippen LogP contribution in [0.3, 0.4) is 0 Å². The molecule has 1 aliphatic rings. The maximum absolute atomic E-state index is 12.4. The smallest absolute Gasteiger partial charge is 0.237 e. The number of nitrogens with zero attached hydrogens (tertiary/aromatic N) is 2. The first-order valence-corrected chi connectivity index (χ1v) is 10.1. The van der Waals surface area contributed by atoms with Gasteiger partial charge in [-0.25, -0.2) is 4.98 Å². The molecule has 5 nitrogen and oxygen atoms in total. The Kier molecular flexibility index (Phi) is 7.14. The zero-order valence-electron chi connectivity index (χ0n) is 15.4. The zero-order valence-corrected chi connectivity index (χ0v) is 17.0. The van der Waals surface area contributed by atoms with Crippen LogP contribution in [0, 0.1) is 0 Å². The summed E-state index contributed by atoms with van der Waals surface area (Å²) >= 11 is 1.61. The minimum absolute atomic E-state index is 0. The standard InChI is InChI=1S/C21H22N4OS.ClH/c26-20(19-9-8-18(25-19)15-5-2-1-3-6-15)23-12-10-17-14-27-21(24-17)16-7-4-11-22-13-16;/h1-7,11,13-14,18-19,25H,8-10,12H2,(H,23,26);1H/t18-,19-;/m1./s1. The molecule has 0 bridgehead atoms. The van der Waals surface area contributed by atoms with Gasteiger partial charge in [-0.1, -0.05) is 30.3 Å². The van der Waals surface area contributed by atoms with Crippen molar-refractivity contribution in [3.8, 4) is 10.6 Å². The number of amides is 1. The molecule has 1 aromatic carbocycles. The van der Waals surface area contributed by atoms with Crippen LogP contribution in [0.5, 0.6) is 0 Å². The molecular weight excluding hydrogens is 392 g/mol. The first-order chi connectivity index (χ1) is 13.3. The average molecular weight is 415 g/mol. The first-order valence-electron chi connectivity index (χ1n) is 9.23. The Morgan fingerprint density at radius 1 is 1.18 bits per heavy atom. The number of rotatable bonds is 6. The van der Waals surface area contributed by atoms with E-state index in [-0.39, 0.29) is 30.4 Å². The molecule has 1 saturated heterocycles. The number of aromatic nitrogens is 2. The fraction of sp³-hybridized carbons (Fsp3) is 0.286. The average Bonchev–Trinajstić information content (AvgIpc) is 3.39. The lowest BCUT2D eigenvalue weighted by atomic mass is 10.1. The van der Waals surface area contributed by atoms with Gasteiger partial charge in [0.05, 0.1) is 11.7 Å². The van der Waals surface area contributed by atoms with Crippen LogP contribution >= 0.6 is 23.7 Å². The van der Waals surface area contributed by atoms with Crippen LogP contribution in [-0.4, -0.2) is 28.5 Å². The second-order valence-electron chi connectivity index (χ2n) is 6.69. The van der Waals surface area contributed by atoms with Gasteiger partial charge < -0.3 is 5.32 Å². The van der Waals surface area contributed by atoms with Crippen LogP contribution in [0.25, 0.3) is 10.6 Å². The monoisotopic (exact) mass is 414 g/mol. The topological polar surface area (TPSA) is 66.9 Å². The lowest BCUT2D eigenvalue weighted by molar-refractivity contribution is -0.122. The molecule has 7 heteroatoms. The Bertz CT molecular complexity index is 888. The summed E-state index contributed by atoms with van der Waals surface area (Å²) in [4.78, 5) is 21.2. The Balaban J connectivity index is 0.00000225. The number of carbonyl (C=O) groups is 1. The summed E-state index contributed by atoms with van der Waals surface area (Å²) in [7, 11) is 0. The van der Waals surface area contributed by atoms with Gasteiger partial charge in [-0.3, -0.25) is 15.1 Å². The number of halogens is 1. The van der Waals surface area contributed by atoms with Gasteiger partial charge in [0.2, 0.25) is 5.91 Å². The van der Waals surface area contributed by atoms with Crippen molar-refractivity contribution in [2.24, 2.45) is 0 Å². The van der Waals surface area contributed by atoms with Crippen molar-refractivity contribution in [3.63, 3.8) is 0 Å². The van der Waals surface area contributed by atoms with E-state index in [2.05, 4.69) is 32.7 Å². The third-order valence-electron chi connectivity index (χ3n) is 4.81. The van der Waals surface area contributed by atoms with E-state index in [1.165, 1.54) is 5.56 Å². The van der Waals surface area contributed by atoms with E-state index in [1.807, 2.05) is 41.9 Å². The van der Waals surface area contributed by atoms with Gasteiger partial charge in [0.15, 0.2) is 0 Å². The molecule has 0 unspecified atom stereocenters. The number of hydrogen-bond donors (Lipinski definition) is 2. The van der Waals surface area contributed by atoms with Gasteiger partial charge in [-0.05, 0) is 30.5 Å². The highest BCUT2D eigenvalue weighted by Gasteiger charge is 2.29. The van der Waals surface area contributed by atoms with E-state index in [0.717, 1.165) is 35.5 Å². The number of pyridine rings is 1. The van der Waals surface area contributed by atoms with Crippen LogP contribution in [0.4, 0.5) is 0 Å². The summed E-state index contributed by atoms with van der Waals surface area (Å²) in [5.41, 5.74) is 3.28. The van der Waals surface area contributed by atoms with E-state index in [0.29, 0.717) is 6.54 Å². The van der Waals surface area contributed by atoms with Crippen molar-refractivity contribution >= 4 is 29.7 Å². The van der Waals surface area contributed by atoms with Crippen molar-refractivity contribution in [1.29, 1.82) is 0 Å². The van der Waals surface area contributed by atoms with Crippen molar-refractivity contribution in [2.45, 2.75) is 31.3 Å². The second kappa shape index (κ2) is 9.78. The van der Waals surface area contributed by atoms with Gasteiger partial charge in [-0.2, -0.15) is 0 Å². The molecule has 2 N–H and O–H groups in total. The third kappa shape index (κ3) is 4.95. The van der Waals surface area contributed by atoms with Gasteiger partial charge in [-0.15, -0.1) is 23.7 Å². The molecule has 1 fully saturated rings. The molecule has 2 atom stereocenters. The molecule has 28 heavy (non-hydrogen) atoms. The minimum atomic E-state index is -0.114. The molecule has 3 aromatic rings. The fourth-order valence-corrected chi connectivity index (χ4v) is 4.22. The maximum Gasteiger partial charge on any atom is 0.237 e. The number of hydrogen-bond acceptors (Lipinski definition) is 5. The maximum atomic E-state index is 12.4. The van der Waals surface area contributed by atoms with Crippen LogP contribution in [0.15, 0.2) is 60.2 Å². The SMILES string of the molecule is Cl.O=C(NCCc1csc(-c2cccnc2)n1)[C@H]1CC[C@H](c2ccccc2)N1. The van der Waals surface area contributed by atoms with Crippen LogP contribution in [0.2, 0.25) is 0 Å². The fourth-order valence-electron chi connectivity index (χ4n) is 3.38. The van der Waals surface area contributed by atoms with Gasteiger partial charge >= 0.3 is 0 Å². The molecule has 3 heterocycles. The number of thiazole rings is 1. The van der Waals surface area contributed by atoms with Crippen molar-refractivity contribution in [2.75, 3.05) is 6.54 Å². The first kappa shape index (κ1) is 20.5. The largest absolute Gasteiger partial charge is 0.354 e. The van der Waals surface area contributed by atoms with Crippen molar-refractivity contribution < 1.29 is 4.79 Å².